The molecule has 0 saturated carbocycles. The number of hydrogen-bond donors (Lipinski definition) is 0. The van der Waals surface area contributed by atoms with Crippen LogP contribution < -0.4 is 9.47 Å². The molecule has 3 heterocycles. The summed E-state index contributed by atoms with van der Waals surface area (Å²) in [4.78, 5) is 15.3. The Balaban J connectivity index is 1.43. The van der Waals surface area contributed by atoms with Gasteiger partial charge in [0.25, 0.3) is 5.91 Å². The highest BCUT2D eigenvalue weighted by Crippen LogP contribution is 2.52. The van der Waals surface area contributed by atoms with Crippen molar-refractivity contribution in [3.8, 4) is 11.5 Å². The number of para-hydroxylation sites is 1. The van der Waals surface area contributed by atoms with Crippen LogP contribution in [0, 0.1) is 5.92 Å². The molecule has 3 aliphatic heterocycles. The summed E-state index contributed by atoms with van der Waals surface area (Å²) >= 11 is 0. The van der Waals surface area contributed by atoms with Crippen molar-refractivity contribution >= 4 is 5.91 Å². The van der Waals surface area contributed by atoms with E-state index in [4.69, 9.17) is 14.2 Å². The summed E-state index contributed by atoms with van der Waals surface area (Å²) in [5, 5.41) is 0. The van der Waals surface area contributed by atoms with Crippen LogP contribution in [0.2, 0.25) is 0 Å². The van der Waals surface area contributed by atoms with Crippen molar-refractivity contribution < 1.29 is 19.0 Å². The van der Waals surface area contributed by atoms with Crippen molar-refractivity contribution in [3.05, 3.63) is 59.7 Å². The number of carbonyl (C=O) groups excluding carboxylic acids is 1. The standard InChI is InChI=1S/C24H27NO4/c1-24(2)18-14-19-21(28-22(18)17-9-4-5-10-20(17)29-24)11-12-25(19)23(26)15-7-6-8-16(13-15)27-3/h4-10,13,18-19,21-22H,11-12,14H2,1-3H3/t18-,19-,21-,22+/m1/s1. The molecule has 5 nitrogen and oxygen atoms in total. The lowest BCUT2D eigenvalue weighted by molar-refractivity contribution is -0.159. The van der Waals surface area contributed by atoms with Crippen LogP contribution in [-0.4, -0.2) is 42.2 Å². The van der Waals surface area contributed by atoms with Gasteiger partial charge < -0.3 is 19.1 Å². The number of nitrogens with zero attached hydrogens (tertiary/aromatic N) is 1. The lowest BCUT2D eigenvalue weighted by atomic mass is 9.74. The molecule has 0 bridgehead atoms. The Bertz CT molecular complexity index is 940. The quantitative estimate of drug-likeness (QED) is 0.766. The molecular weight excluding hydrogens is 366 g/mol. The molecule has 29 heavy (non-hydrogen) atoms. The molecule has 5 rings (SSSR count). The topological polar surface area (TPSA) is 48.0 Å². The van der Waals surface area contributed by atoms with Gasteiger partial charge in [0, 0.05) is 23.6 Å². The van der Waals surface area contributed by atoms with Crippen LogP contribution in [0.3, 0.4) is 0 Å². The number of hydrogen-bond acceptors (Lipinski definition) is 4. The molecule has 2 saturated heterocycles. The Kier molecular flexibility index (Phi) is 4.32. The third kappa shape index (κ3) is 2.99. The fourth-order valence-electron chi connectivity index (χ4n) is 5.21. The van der Waals surface area contributed by atoms with Gasteiger partial charge in [0.15, 0.2) is 0 Å². The van der Waals surface area contributed by atoms with Gasteiger partial charge in [-0.05, 0) is 51.0 Å². The molecule has 2 aromatic carbocycles. The second kappa shape index (κ2) is 6.77. The lowest BCUT2D eigenvalue weighted by Gasteiger charge is -2.50. The zero-order chi connectivity index (χ0) is 20.2. The molecule has 0 unspecified atom stereocenters. The molecule has 5 heteroatoms. The number of ether oxygens (including phenoxy) is 3. The van der Waals surface area contributed by atoms with Crippen LogP contribution in [0.4, 0.5) is 0 Å². The second-order valence-electron chi connectivity index (χ2n) is 8.77. The Hall–Kier alpha value is -2.53. The summed E-state index contributed by atoms with van der Waals surface area (Å²) in [5.74, 6) is 1.86. The second-order valence-corrected chi connectivity index (χ2v) is 8.77. The zero-order valence-corrected chi connectivity index (χ0v) is 17.1. The van der Waals surface area contributed by atoms with Crippen molar-refractivity contribution in [3.63, 3.8) is 0 Å². The average molecular weight is 393 g/mol. The minimum Gasteiger partial charge on any atom is -0.497 e. The van der Waals surface area contributed by atoms with E-state index in [1.54, 1.807) is 7.11 Å². The SMILES string of the molecule is COc1cccc(C(=O)N2CC[C@H]3O[C@H]4c5ccccc5OC(C)(C)[C@@H]4C[C@H]32)c1. The van der Waals surface area contributed by atoms with E-state index < -0.39 is 0 Å². The molecule has 4 atom stereocenters. The van der Waals surface area contributed by atoms with Gasteiger partial charge in [0.05, 0.1) is 25.4 Å². The monoisotopic (exact) mass is 393 g/mol. The molecule has 152 valence electrons. The van der Waals surface area contributed by atoms with Crippen molar-refractivity contribution in [1.82, 2.24) is 4.90 Å². The minimum absolute atomic E-state index is 0.0167. The van der Waals surface area contributed by atoms with E-state index in [2.05, 4.69) is 19.9 Å². The molecule has 0 radical (unpaired) electrons. The summed E-state index contributed by atoms with van der Waals surface area (Å²) in [5.41, 5.74) is 1.45. The smallest absolute Gasteiger partial charge is 0.254 e. The van der Waals surface area contributed by atoms with Crippen LogP contribution in [0.5, 0.6) is 11.5 Å². The van der Waals surface area contributed by atoms with Crippen LogP contribution >= 0.6 is 0 Å². The van der Waals surface area contributed by atoms with Crippen LogP contribution in [-0.2, 0) is 4.74 Å². The van der Waals surface area contributed by atoms with Crippen LogP contribution in [0.1, 0.15) is 48.7 Å². The summed E-state index contributed by atoms with van der Waals surface area (Å²) in [6.07, 6.45) is 1.83. The Morgan fingerprint density at radius 1 is 1.17 bits per heavy atom. The number of carbonyl (C=O) groups is 1. The van der Waals surface area contributed by atoms with E-state index in [1.165, 1.54) is 0 Å². The first kappa shape index (κ1) is 18.5. The number of likely N-dealkylation sites (tertiary alicyclic amines) is 1. The summed E-state index contributed by atoms with van der Waals surface area (Å²) in [6, 6.07) is 15.6. The van der Waals surface area contributed by atoms with Gasteiger partial charge in [0.1, 0.15) is 17.1 Å². The maximum atomic E-state index is 13.3. The van der Waals surface area contributed by atoms with Crippen molar-refractivity contribution in [1.29, 1.82) is 0 Å². The van der Waals surface area contributed by atoms with Gasteiger partial charge in [-0.3, -0.25) is 4.79 Å². The van der Waals surface area contributed by atoms with E-state index in [-0.39, 0.29) is 35.7 Å². The lowest BCUT2D eigenvalue weighted by Crippen LogP contribution is -2.54. The number of fused-ring (bicyclic) bond motifs is 4. The molecule has 0 aromatic heterocycles. The first-order chi connectivity index (χ1) is 14.0. The number of benzene rings is 2. The van der Waals surface area contributed by atoms with Gasteiger partial charge in [-0.15, -0.1) is 0 Å². The normalized spacial score (nSPS) is 29.3. The summed E-state index contributed by atoms with van der Waals surface area (Å²) < 4.78 is 18.3. The third-order valence-corrected chi connectivity index (χ3v) is 6.74. The molecule has 3 aliphatic rings. The van der Waals surface area contributed by atoms with Crippen LogP contribution in [0.15, 0.2) is 48.5 Å². The zero-order valence-electron chi connectivity index (χ0n) is 17.1. The Morgan fingerprint density at radius 2 is 2.00 bits per heavy atom. The van der Waals surface area contributed by atoms with E-state index in [1.807, 2.05) is 47.4 Å². The highest BCUT2D eigenvalue weighted by Gasteiger charge is 2.53. The molecule has 0 aliphatic carbocycles. The minimum atomic E-state index is -0.350. The number of amides is 1. The van der Waals surface area contributed by atoms with Gasteiger partial charge in [0.2, 0.25) is 0 Å². The number of methoxy groups -OCH3 is 1. The van der Waals surface area contributed by atoms with Crippen molar-refractivity contribution in [2.24, 2.45) is 5.92 Å². The van der Waals surface area contributed by atoms with Gasteiger partial charge in [-0.25, -0.2) is 0 Å². The van der Waals surface area contributed by atoms with Crippen molar-refractivity contribution in [2.75, 3.05) is 13.7 Å². The molecular formula is C24H27NO4. The predicted octanol–water partition coefficient (Wildman–Crippen LogP) is 4.23. The maximum absolute atomic E-state index is 13.3. The van der Waals surface area contributed by atoms with Crippen molar-refractivity contribution in [2.45, 2.75) is 50.5 Å². The summed E-state index contributed by atoms with van der Waals surface area (Å²) in [6.45, 7) is 4.98. The Labute approximate surface area is 171 Å². The fraction of sp³-hybridized carbons (Fsp3) is 0.458. The van der Waals surface area contributed by atoms with E-state index in [0.29, 0.717) is 17.9 Å². The first-order valence-electron chi connectivity index (χ1n) is 10.4. The Morgan fingerprint density at radius 3 is 2.83 bits per heavy atom. The van der Waals surface area contributed by atoms with Gasteiger partial charge in [-0.1, -0.05) is 24.3 Å². The van der Waals surface area contributed by atoms with E-state index in [9.17, 15) is 4.79 Å². The number of rotatable bonds is 2. The predicted molar refractivity (Wildman–Crippen MR) is 109 cm³/mol. The highest BCUT2D eigenvalue weighted by atomic mass is 16.5. The fourth-order valence-corrected chi connectivity index (χ4v) is 5.21. The molecule has 1 amide bonds. The molecule has 2 fully saturated rings. The van der Waals surface area contributed by atoms with Gasteiger partial charge >= 0.3 is 0 Å². The molecule has 0 spiro atoms. The largest absolute Gasteiger partial charge is 0.497 e. The average Bonchev–Trinajstić information content (AvgIpc) is 3.15. The third-order valence-electron chi connectivity index (χ3n) is 6.74. The molecule has 2 aromatic rings. The highest BCUT2D eigenvalue weighted by molar-refractivity contribution is 5.95. The maximum Gasteiger partial charge on any atom is 0.254 e. The van der Waals surface area contributed by atoms with E-state index >= 15 is 0 Å². The van der Waals surface area contributed by atoms with E-state index in [0.717, 1.165) is 24.2 Å². The van der Waals surface area contributed by atoms with Crippen LogP contribution in [0.25, 0.3) is 0 Å². The van der Waals surface area contributed by atoms with Gasteiger partial charge in [-0.2, -0.15) is 0 Å². The summed E-state index contributed by atoms with van der Waals surface area (Å²) in [7, 11) is 1.62. The first-order valence-corrected chi connectivity index (χ1v) is 10.4. The molecule has 0 N–H and O–H groups in total.